The van der Waals surface area contributed by atoms with Crippen LogP contribution in [0.25, 0.3) is 0 Å². The third kappa shape index (κ3) is 4.45. The molecule has 0 unspecified atom stereocenters. The summed E-state index contributed by atoms with van der Waals surface area (Å²) in [5, 5.41) is 10.2. The van der Waals surface area contributed by atoms with Crippen molar-refractivity contribution in [3.8, 4) is 0 Å². The summed E-state index contributed by atoms with van der Waals surface area (Å²) in [5.41, 5.74) is 5.21. The number of hydrogen-bond donors (Lipinski definition) is 1. The second kappa shape index (κ2) is 9.15. The summed E-state index contributed by atoms with van der Waals surface area (Å²) in [6.45, 7) is 3.74. The first-order valence-electron chi connectivity index (χ1n) is 10.1. The maximum Gasteiger partial charge on any atom is 0.282 e. The second-order valence-corrected chi connectivity index (χ2v) is 8.98. The minimum atomic E-state index is -0.192. The molecule has 1 N–H and O–H groups in total. The number of rotatable bonds is 4. The summed E-state index contributed by atoms with van der Waals surface area (Å²) in [5.74, 6) is -0.321. The number of anilines is 1. The van der Waals surface area contributed by atoms with E-state index >= 15 is 0 Å². The van der Waals surface area contributed by atoms with Crippen molar-refractivity contribution in [2.45, 2.75) is 32.2 Å². The predicted molar refractivity (Wildman–Crippen MR) is 123 cm³/mol. The Kier molecular flexibility index (Phi) is 6.54. The van der Waals surface area contributed by atoms with Crippen LogP contribution in [0.2, 0.25) is 15.1 Å². The first-order valence-corrected chi connectivity index (χ1v) is 11.2. The van der Waals surface area contributed by atoms with E-state index in [1.807, 2.05) is 47.3 Å². The van der Waals surface area contributed by atoms with Crippen molar-refractivity contribution in [1.29, 1.82) is 0 Å². The summed E-state index contributed by atoms with van der Waals surface area (Å²) < 4.78 is 0. The topological polar surface area (TPSA) is 47.9 Å². The molecule has 0 saturated carbocycles. The molecule has 0 radical (unpaired) electrons. The Morgan fingerprint density at radius 1 is 1.00 bits per heavy atom. The summed E-state index contributed by atoms with van der Waals surface area (Å²) in [7, 11) is 0. The first-order chi connectivity index (χ1) is 14.4. The van der Waals surface area contributed by atoms with Gasteiger partial charge in [-0.3, -0.25) is 15.2 Å². The van der Waals surface area contributed by atoms with Gasteiger partial charge in [-0.25, -0.2) is 5.01 Å². The van der Waals surface area contributed by atoms with Gasteiger partial charge in [-0.1, -0.05) is 60.3 Å². The van der Waals surface area contributed by atoms with Crippen molar-refractivity contribution in [3.63, 3.8) is 0 Å². The lowest BCUT2D eigenvalue weighted by Gasteiger charge is -2.28. The van der Waals surface area contributed by atoms with Crippen LogP contribution in [-0.2, 0) is 4.79 Å². The zero-order valence-electron chi connectivity index (χ0n) is 16.6. The number of halogens is 3. The van der Waals surface area contributed by atoms with Crippen molar-refractivity contribution in [3.05, 3.63) is 63.1 Å². The number of piperidine rings is 1. The number of carbonyl (C=O) groups is 1. The SMILES string of the molecule is C[C@@H]1C(C(=O)NN2CCCCC2)=NN(c2ccc(Cl)cc2Cl)[C@H]1c1ccc(Cl)cc1. The molecule has 2 heterocycles. The molecule has 1 fully saturated rings. The van der Waals surface area contributed by atoms with Crippen LogP contribution >= 0.6 is 34.8 Å². The van der Waals surface area contributed by atoms with Crippen LogP contribution in [0, 0.1) is 5.92 Å². The average Bonchev–Trinajstić information content (AvgIpc) is 3.06. The van der Waals surface area contributed by atoms with Crippen molar-refractivity contribution in [1.82, 2.24) is 10.4 Å². The Morgan fingerprint density at radius 2 is 1.67 bits per heavy atom. The number of hydrazone groups is 1. The highest BCUT2D eigenvalue weighted by Gasteiger charge is 2.40. The fourth-order valence-corrected chi connectivity index (χ4v) is 4.67. The van der Waals surface area contributed by atoms with Gasteiger partial charge in [0.2, 0.25) is 0 Å². The highest BCUT2D eigenvalue weighted by Crippen LogP contribution is 2.42. The van der Waals surface area contributed by atoms with Crippen LogP contribution in [0.3, 0.4) is 0 Å². The van der Waals surface area contributed by atoms with Gasteiger partial charge in [-0.15, -0.1) is 0 Å². The van der Waals surface area contributed by atoms with Crippen LogP contribution in [0.15, 0.2) is 47.6 Å². The standard InChI is InChI=1S/C22H23Cl3N4O/c1-14-20(22(30)27-28-11-3-2-4-12-28)26-29(19-10-9-17(24)13-18(19)25)21(14)15-5-7-16(23)8-6-15/h5-10,13-14,21H,2-4,11-12H2,1H3,(H,27,30)/t14-,21-/m1/s1. The fraction of sp³-hybridized carbons (Fsp3) is 0.364. The van der Waals surface area contributed by atoms with Gasteiger partial charge < -0.3 is 0 Å². The Morgan fingerprint density at radius 3 is 2.33 bits per heavy atom. The molecule has 2 aliphatic heterocycles. The molecule has 4 rings (SSSR count). The van der Waals surface area contributed by atoms with Crippen molar-refractivity contribution < 1.29 is 4.79 Å². The Labute approximate surface area is 191 Å². The summed E-state index contributed by atoms with van der Waals surface area (Å²) >= 11 is 18.7. The molecule has 30 heavy (non-hydrogen) atoms. The van der Waals surface area contributed by atoms with Crippen molar-refractivity contribution in [2.24, 2.45) is 11.0 Å². The molecule has 0 bridgehead atoms. The van der Waals surface area contributed by atoms with Crippen LogP contribution in [0.4, 0.5) is 5.69 Å². The van der Waals surface area contributed by atoms with Gasteiger partial charge in [-0.2, -0.15) is 5.10 Å². The molecular formula is C22H23Cl3N4O. The number of amides is 1. The van der Waals surface area contributed by atoms with Gasteiger partial charge in [0, 0.05) is 29.1 Å². The average molecular weight is 466 g/mol. The zero-order valence-corrected chi connectivity index (χ0v) is 18.9. The van der Waals surface area contributed by atoms with E-state index in [1.165, 1.54) is 6.42 Å². The number of nitrogens with one attached hydrogen (secondary N) is 1. The zero-order chi connectivity index (χ0) is 21.3. The molecule has 2 aromatic rings. The Hall–Kier alpha value is -1.79. The minimum Gasteiger partial charge on any atom is -0.284 e. The molecule has 1 amide bonds. The normalized spacial score (nSPS) is 22.1. The molecular weight excluding hydrogens is 443 g/mol. The maximum atomic E-state index is 13.1. The van der Waals surface area contributed by atoms with E-state index in [0.717, 1.165) is 31.5 Å². The van der Waals surface area contributed by atoms with Crippen LogP contribution in [0.1, 0.15) is 37.8 Å². The van der Waals surface area contributed by atoms with Gasteiger partial charge in [0.15, 0.2) is 0 Å². The highest BCUT2D eigenvalue weighted by molar-refractivity contribution is 6.41. The molecule has 0 aliphatic carbocycles. The molecule has 1 saturated heterocycles. The molecule has 2 atom stereocenters. The highest BCUT2D eigenvalue weighted by atomic mass is 35.5. The molecule has 2 aliphatic rings. The molecule has 2 aromatic carbocycles. The molecule has 0 spiro atoms. The number of nitrogens with zero attached hydrogens (tertiary/aromatic N) is 3. The first kappa shape index (κ1) is 21.4. The van der Waals surface area contributed by atoms with E-state index in [2.05, 4.69) is 5.43 Å². The van der Waals surface area contributed by atoms with Gasteiger partial charge >= 0.3 is 0 Å². The van der Waals surface area contributed by atoms with Crippen molar-refractivity contribution in [2.75, 3.05) is 18.1 Å². The minimum absolute atomic E-state index is 0.150. The van der Waals surface area contributed by atoms with E-state index in [4.69, 9.17) is 39.9 Å². The smallest absolute Gasteiger partial charge is 0.282 e. The van der Waals surface area contributed by atoms with Crippen molar-refractivity contribution >= 4 is 52.1 Å². The van der Waals surface area contributed by atoms with Crippen LogP contribution < -0.4 is 10.4 Å². The van der Waals surface area contributed by atoms with Crippen LogP contribution in [-0.4, -0.2) is 29.7 Å². The largest absolute Gasteiger partial charge is 0.284 e. The van der Waals surface area contributed by atoms with E-state index in [-0.39, 0.29) is 17.9 Å². The van der Waals surface area contributed by atoms with E-state index < -0.39 is 0 Å². The third-order valence-corrected chi connectivity index (χ3v) is 6.39. The van der Waals surface area contributed by atoms with Gasteiger partial charge in [0.25, 0.3) is 5.91 Å². The molecule has 5 nitrogen and oxygen atoms in total. The van der Waals surface area contributed by atoms with Crippen LogP contribution in [0.5, 0.6) is 0 Å². The Balaban J connectivity index is 1.68. The monoisotopic (exact) mass is 464 g/mol. The number of benzene rings is 2. The van der Waals surface area contributed by atoms with Gasteiger partial charge in [0.05, 0.1) is 16.8 Å². The Bertz CT molecular complexity index is 957. The number of hydrogen-bond acceptors (Lipinski definition) is 4. The lowest BCUT2D eigenvalue weighted by atomic mass is 9.91. The van der Waals surface area contributed by atoms with E-state index in [1.54, 1.807) is 12.1 Å². The number of hydrazine groups is 1. The summed E-state index contributed by atoms with van der Waals surface area (Å²) in [6.07, 6.45) is 3.37. The fourth-order valence-electron chi connectivity index (χ4n) is 4.05. The van der Waals surface area contributed by atoms with Gasteiger partial charge in [-0.05, 0) is 48.7 Å². The maximum absolute atomic E-state index is 13.1. The second-order valence-electron chi connectivity index (χ2n) is 7.70. The predicted octanol–water partition coefficient (Wildman–Crippen LogP) is 5.72. The summed E-state index contributed by atoms with van der Waals surface area (Å²) in [6, 6.07) is 12.7. The quantitative estimate of drug-likeness (QED) is 0.628. The van der Waals surface area contributed by atoms with E-state index in [0.29, 0.717) is 26.5 Å². The summed E-state index contributed by atoms with van der Waals surface area (Å²) in [4.78, 5) is 13.1. The lowest BCUT2D eigenvalue weighted by molar-refractivity contribution is -0.120. The third-order valence-electron chi connectivity index (χ3n) is 5.60. The number of carbonyl (C=O) groups excluding carboxylic acids is 1. The van der Waals surface area contributed by atoms with E-state index in [9.17, 15) is 4.79 Å². The van der Waals surface area contributed by atoms with Gasteiger partial charge in [0.1, 0.15) is 5.71 Å². The molecule has 0 aromatic heterocycles. The lowest BCUT2D eigenvalue weighted by Crippen LogP contribution is -2.48. The molecule has 8 heteroatoms. The molecule has 158 valence electrons.